The van der Waals surface area contributed by atoms with E-state index in [0.29, 0.717) is 0 Å². The molecule has 0 saturated heterocycles. The van der Waals surface area contributed by atoms with Gasteiger partial charge in [-0.05, 0) is 28.5 Å². The highest BCUT2D eigenvalue weighted by atomic mass is 16.1. The molecule has 0 aliphatic heterocycles. The molecule has 0 fully saturated rings. The first-order valence-corrected chi connectivity index (χ1v) is 6.73. The minimum Gasteiger partial charge on any atom is -0.289 e. The highest BCUT2D eigenvalue weighted by Crippen LogP contribution is 2.34. The molecule has 0 aromatic heterocycles. The van der Waals surface area contributed by atoms with Gasteiger partial charge in [-0.1, -0.05) is 63.2 Å². The Hall–Kier alpha value is -1.89. The van der Waals surface area contributed by atoms with Crippen LogP contribution in [0, 0.1) is 0 Å². The summed E-state index contributed by atoms with van der Waals surface area (Å²) in [5.41, 5.74) is 5.45. The molecule has 1 aliphatic rings. The molecule has 0 atom stereocenters. The Morgan fingerprint density at radius 2 is 1.58 bits per heavy atom. The van der Waals surface area contributed by atoms with Crippen LogP contribution in [-0.4, -0.2) is 5.78 Å². The van der Waals surface area contributed by atoms with Gasteiger partial charge in [0.1, 0.15) is 0 Å². The average Bonchev–Trinajstić information content (AvgIpc) is 2.37. The minimum atomic E-state index is 0.0674. The fraction of sp³-hybridized carbons (Fsp3) is 0.278. The van der Waals surface area contributed by atoms with Crippen molar-refractivity contribution in [2.75, 3.05) is 0 Å². The van der Waals surface area contributed by atoms with Gasteiger partial charge >= 0.3 is 0 Å². The van der Waals surface area contributed by atoms with Gasteiger partial charge in [-0.2, -0.15) is 0 Å². The third-order valence-electron chi connectivity index (χ3n) is 3.86. The number of rotatable bonds is 0. The average molecular weight is 250 g/mol. The Bertz CT molecular complexity index is 660. The molecule has 0 radical (unpaired) electrons. The van der Waals surface area contributed by atoms with Crippen molar-refractivity contribution in [3.8, 4) is 0 Å². The molecule has 1 heteroatoms. The number of benzene rings is 2. The van der Waals surface area contributed by atoms with E-state index in [1.165, 1.54) is 11.1 Å². The van der Waals surface area contributed by atoms with Crippen LogP contribution in [0.2, 0.25) is 0 Å². The van der Waals surface area contributed by atoms with Crippen molar-refractivity contribution in [3.05, 3.63) is 70.3 Å². The third-order valence-corrected chi connectivity index (χ3v) is 3.86. The van der Waals surface area contributed by atoms with E-state index in [1.54, 1.807) is 0 Å². The van der Waals surface area contributed by atoms with Gasteiger partial charge in [-0.25, -0.2) is 0 Å². The molecule has 3 rings (SSSR count). The fourth-order valence-corrected chi connectivity index (χ4v) is 2.92. The molecular weight excluding hydrogens is 232 g/mol. The van der Waals surface area contributed by atoms with E-state index in [2.05, 4.69) is 32.9 Å². The zero-order valence-electron chi connectivity index (χ0n) is 11.7. The molecular formula is C18H18O. The maximum Gasteiger partial charge on any atom is 0.193 e. The van der Waals surface area contributed by atoms with E-state index in [-0.39, 0.29) is 11.2 Å². The number of hydrogen-bond donors (Lipinski definition) is 0. The molecule has 19 heavy (non-hydrogen) atoms. The van der Waals surface area contributed by atoms with Crippen LogP contribution in [0.4, 0.5) is 0 Å². The second kappa shape index (κ2) is 4.06. The van der Waals surface area contributed by atoms with Gasteiger partial charge in [-0.3, -0.25) is 4.79 Å². The molecule has 0 amide bonds. The molecule has 1 aliphatic carbocycles. The van der Waals surface area contributed by atoms with Crippen molar-refractivity contribution in [1.82, 2.24) is 0 Å². The van der Waals surface area contributed by atoms with Gasteiger partial charge in [0.25, 0.3) is 0 Å². The van der Waals surface area contributed by atoms with Gasteiger partial charge in [0.05, 0.1) is 0 Å². The maximum absolute atomic E-state index is 12.6. The Kier molecular flexibility index (Phi) is 2.60. The molecule has 0 saturated carbocycles. The Balaban J connectivity index is 2.24. The highest BCUT2D eigenvalue weighted by Gasteiger charge is 2.27. The van der Waals surface area contributed by atoms with Gasteiger partial charge in [0, 0.05) is 11.1 Å². The second-order valence-electron chi connectivity index (χ2n) is 6.24. The van der Waals surface area contributed by atoms with Crippen molar-refractivity contribution in [2.45, 2.75) is 32.6 Å². The summed E-state index contributed by atoms with van der Waals surface area (Å²) >= 11 is 0. The molecule has 0 heterocycles. The lowest BCUT2D eigenvalue weighted by atomic mass is 9.76. The molecule has 0 N–H and O–H groups in total. The Morgan fingerprint density at radius 3 is 2.32 bits per heavy atom. The van der Waals surface area contributed by atoms with E-state index >= 15 is 0 Å². The number of carbonyl (C=O) groups excluding carboxylic acids is 1. The third kappa shape index (κ3) is 1.90. The van der Waals surface area contributed by atoms with Crippen LogP contribution in [-0.2, 0) is 11.8 Å². The molecule has 2 aromatic carbocycles. The highest BCUT2D eigenvalue weighted by molar-refractivity contribution is 6.12. The standard InChI is InChI=1S/C18H18O/c1-18(2,3)16-10-6-9-14-15(16)11-12-7-4-5-8-13(12)17(14)19/h4-10H,11H2,1-3H3. The number of hydrogen-bond acceptors (Lipinski definition) is 1. The van der Waals surface area contributed by atoms with E-state index in [1.807, 2.05) is 30.3 Å². The van der Waals surface area contributed by atoms with Gasteiger partial charge in [-0.15, -0.1) is 0 Å². The largest absolute Gasteiger partial charge is 0.289 e. The predicted molar refractivity (Wildman–Crippen MR) is 77.8 cm³/mol. The minimum absolute atomic E-state index is 0.0674. The molecule has 2 aromatic rings. The van der Waals surface area contributed by atoms with Gasteiger partial charge < -0.3 is 0 Å². The summed E-state index contributed by atoms with van der Waals surface area (Å²) in [6, 6.07) is 14.1. The quantitative estimate of drug-likeness (QED) is 0.586. The van der Waals surface area contributed by atoms with Crippen molar-refractivity contribution < 1.29 is 4.79 Å². The van der Waals surface area contributed by atoms with Crippen molar-refractivity contribution >= 4 is 5.78 Å². The van der Waals surface area contributed by atoms with E-state index in [0.717, 1.165) is 23.1 Å². The number of ketones is 1. The summed E-state index contributed by atoms with van der Waals surface area (Å²) in [6.07, 6.45) is 0.866. The maximum atomic E-state index is 12.6. The molecule has 1 nitrogen and oxygen atoms in total. The lowest BCUT2D eigenvalue weighted by molar-refractivity contribution is 0.103. The second-order valence-corrected chi connectivity index (χ2v) is 6.24. The predicted octanol–water partition coefficient (Wildman–Crippen LogP) is 4.12. The summed E-state index contributed by atoms with van der Waals surface area (Å²) in [6.45, 7) is 6.61. The lowest BCUT2D eigenvalue weighted by Crippen LogP contribution is -2.21. The first-order chi connectivity index (χ1) is 8.98. The van der Waals surface area contributed by atoms with E-state index in [4.69, 9.17) is 0 Å². The zero-order chi connectivity index (χ0) is 13.6. The fourth-order valence-electron chi connectivity index (χ4n) is 2.92. The first-order valence-electron chi connectivity index (χ1n) is 6.73. The smallest absolute Gasteiger partial charge is 0.193 e. The molecule has 0 unspecified atom stereocenters. The molecule has 0 spiro atoms. The van der Waals surface area contributed by atoms with Crippen LogP contribution < -0.4 is 0 Å². The number of carbonyl (C=O) groups is 1. The summed E-state index contributed by atoms with van der Waals surface area (Å²) in [4.78, 5) is 12.6. The van der Waals surface area contributed by atoms with Crippen LogP contribution >= 0.6 is 0 Å². The van der Waals surface area contributed by atoms with Gasteiger partial charge in [0.2, 0.25) is 0 Å². The zero-order valence-corrected chi connectivity index (χ0v) is 11.7. The van der Waals surface area contributed by atoms with Crippen molar-refractivity contribution in [1.29, 1.82) is 0 Å². The normalized spacial score (nSPS) is 13.9. The van der Waals surface area contributed by atoms with E-state index in [9.17, 15) is 4.79 Å². The van der Waals surface area contributed by atoms with Gasteiger partial charge in [0.15, 0.2) is 5.78 Å². The monoisotopic (exact) mass is 250 g/mol. The van der Waals surface area contributed by atoms with Crippen LogP contribution in [0.1, 0.15) is 53.4 Å². The van der Waals surface area contributed by atoms with E-state index < -0.39 is 0 Å². The molecule has 96 valence electrons. The summed E-state index contributed by atoms with van der Waals surface area (Å²) in [7, 11) is 0. The molecule has 0 bridgehead atoms. The topological polar surface area (TPSA) is 17.1 Å². The van der Waals surface area contributed by atoms with Crippen LogP contribution in [0.25, 0.3) is 0 Å². The Labute approximate surface area is 114 Å². The number of fused-ring (bicyclic) bond motifs is 2. The van der Waals surface area contributed by atoms with Crippen molar-refractivity contribution in [2.24, 2.45) is 0 Å². The van der Waals surface area contributed by atoms with Crippen LogP contribution in [0.15, 0.2) is 42.5 Å². The summed E-state index contributed by atoms with van der Waals surface area (Å²) < 4.78 is 0. The first kappa shape index (κ1) is 12.2. The lowest BCUT2D eigenvalue weighted by Gasteiger charge is -2.27. The SMILES string of the molecule is CC(C)(C)c1cccc2c1Cc1ccccc1C2=O. The van der Waals surface area contributed by atoms with Crippen molar-refractivity contribution in [3.63, 3.8) is 0 Å². The summed E-state index contributed by atoms with van der Waals surface area (Å²) in [5, 5.41) is 0. The summed E-state index contributed by atoms with van der Waals surface area (Å²) in [5.74, 6) is 0.169. The van der Waals surface area contributed by atoms with Crippen LogP contribution in [0.3, 0.4) is 0 Å². The van der Waals surface area contributed by atoms with Crippen LogP contribution in [0.5, 0.6) is 0 Å². The Morgan fingerprint density at radius 1 is 0.895 bits per heavy atom.